The molecule has 0 aromatic carbocycles. The molecule has 5 heteroatoms. The van der Waals surface area contributed by atoms with E-state index in [4.69, 9.17) is 16.3 Å². The van der Waals surface area contributed by atoms with E-state index in [9.17, 15) is 0 Å². The van der Waals surface area contributed by atoms with Crippen LogP contribution >= 0.6 is 11.6 Å². The van der Waals surface area contributed by atoms with Gasteiger partial charge >= 0.3 is 0 Å². The number of halogens is 1. The van der Waals surface area contributed by atoms with E-state index in [1.54, 1.807) is 6.07 Å². The molecular formula is C11H18ClN3O. The third kappa shape index (κ3) is 4.23. The fourth-order valence-electron chi connectivity index (χ4n) is 1.36. The van der Waals surface area contributed by atoms with Gasteiger partial charge in [0.2, 0.25) is 5.88 Å². The summed E-state index contributed by atoms with van der Waals surface area (Å²) in [5.41, 5.74) is 0. The Hall–Kier alpha value is -1.03. The molecule has 0 aliphatic carbocycles. The third-order valence-electron chi connectivity index (χ3n) is 2.24. The maximum absolute atomic E-state index is 5.72. The van der Waals surface area contributed by atoms with Crippen LogP contribution in [0.25, 0.3) is 0 Å². The lowest BCUT2D eigenvalue weighted by molar-refractivity contribution is 0.326. The first kappa shape index (κ1) is 13.0. The fraction of sp³-hybridized carbons (Fsp3) is 0.636. The molecule has 0 fully saturated rings. The van der Waals surface area contributed by atoms with Gasteiger partial charge in [-0.05, 0) is 19.8 Å². The summed E-state index contributed by atoms with van der Waals surface area (Å²) in [5.74, 6) is 2.03. The maximum atomic E-state index is 5.72. The molecule has 90 valence electrons. The van der Waals surface area contributed by atoms with E-state index < -0.39 is 0 Å². The van der Waals surface area contributed by atoms with Gasteiger partial charge in [-0.25, -0.2) is 9.97 Å². The Balaban J connectivity index is 2.60. The second-order valence-corrected chi connectivity index (χ2v) is 3.78. The molecule has 0 spiro atoms. The van der Waals surface area contributed by atoms with Crippen molar-refractivity contribution in [1.82, 2.24) is 9.97 Å². The predicted octanol–water partition coefficient (Wildman–Crippen LogP) is 2.69. The molecule has 16 heavy (non-hydrogen) atoms. The van der Waals surface area contributed by atoms with Crippen molar-refractivity contribution < 1.29 is 4.74 Å². The van der Waals surface area contributed by atoms with E-state index in [0.717, 1.165) is 18.7 Å². The topological polar surface area (TPSA) is 47.0 Å². The van der Waals surface area contributed by atoms with Gasteiger partial charge in [0.1, 0.15) is 12.1 Å². The van der Waals surface area contributed by atoms with Gasteiger partial charge in [-0.2, -0.15) is 0 Å². The molecule has 0 amide bonds. The Morgan fingerprint density at radius 2 is 2.25 bits per heavy atom. The molecule has 4 nitrogen and oxygen atoms in total. The van der Waals surface area contributed by atoms with Crippen molar-refractivity contribution in [3.05, 3.63) is 12.4 Å². The molecule has 1 atom stereocenters. The summed E-state index contributed by atoms with van der Waals surface area (Å²) in [5, 5.41) is 3.31. The Morgan fingerprint density at radius 1 is 1.44 bits per heavy atom. The molecule has 1 heterocycles. The number of hydrogen-bond acceptors (Lipinski definition) is 4. The largest absolute Gasteiger partial charge is 0.478 e. The lowest BCUT2D eigenvalue weighted by Gasteiger charge is -2.16. The summed E-state index contributed by atoms with van der Waals surface area (Å²) >= 11 is 5.72. The Kier molecular flexibility index (Phi) is 5.93. The van der Waals surface area contributed by atoms with Gasteiger partial charge in [0.25, 0.3) is 0 Å². The van der Waals surface area contributed by atoms with Gasteiger partial charge in [-0.3, -0.25) is 0 Å². The molecular weight excluding hydrogens is 226 g/mol. The quantitative estimate of drug-likeness (QED) is 0.748. The number of aromatic nitrogens is 2. The van der Waals surface area contributed by atoms with Crippen LogP contribution < -0.4 is 10.1 Å². The van der Waals surface area contributed by atoms with E-state index in [1.807, 2.05) is 6.92 Å². The first-order valence-corrected chi connectivity index (χ1v) is 6.10. The monoisotopic (exact) mass is 243 g/mol. The van der Waals surface area contributed by atoms with Gasteiger partial charge in [0, 0.05) is 18.0 Å². The van der Waals surface area contributed by atoms with Gasteiger partial charge in [0.15, 0.2) is 0 Å². The summed E-state index contributed by atoms with van der Waals surface area (Å²) in [7, 11) is 0. The summed E-state index contributed by atoms with van der Waals surface area (Å²) < 4.78 is 5.30. The van der Waals surface area contributed by atoms with Crippen LogP contribution in [0.5, 0.6) is 5.88 Å². The van der Waals surface area contributed by atoms with Gasteiger partial charge in [-0.15, -0.1) is 11.6 Å². The summed E-state index contributed by atoms with van der Waals surface area (Å²) in [6, 6.07) is 2.15. The van der Waals surface area contributed by atoms with Crippen LogP contribution in [0.2, 0.25) is 0 Å². The highest BCUT2D eigenvalue weighted by molar-refractivity contribution is 6.17. The van der Waals surface area contributed by atoms with Crippen molar-refractivity contribution in [3.8, 4) is 5.88 Å². The number of nitrogens with one attached hydrogen (secondary N) is 1. The molecule has 0 saturated heterocycles. The maximum Gasteiger partial charge on any atom is 0.218 e. The lowest BCUT2D eigenvalue weighted by Crippen LogP contribution is -2.19. The number of ether oxygens (including phenoxy) is 1. The van der Waals surface area contributed by atoms with Crippen molar-refractivity contribution in [2.75, 3.05) is 17.8 Å². The number of rotatable bonds is 7. The molecule has 1 N–H and O–H groups in total. The van der Waals surface area contributed by atoms with E-state index in [1.165, 1.54) is 6.33 Å². The van der Waals surface area contributed by atoms with Gasteiger partial charge in [-0.1, -0.05) is 6.92 Å². The van der Waals surface area contributed by atoms with Crippen LogP contribution in [-0.4, -0.2) is 28.5 Å². The van der Waals surface area contributed by atoms with Crippen LogP contribution in [0, 0.1) is 0 Å². The van der Waals surface area contributed by atoms with Crippen molar-refractivity contribution in [2.45, 2.75) is 32.7 Å². The lowest BCUT2D eigenvalue weighted by atomic mass is 10.2. The second-order valence-electron chi connectivity index (χ2n) is 3.40. The van der Waals surface area contributed by atoms with Crippen LogP contribution in [0.4, 0.5) is 5.82 Å². The average molecular weight is 244 g/mol. The fourth-order valence-corrected chi connectivity index (χ4v) is 1.63. The van der Waals surface area contributed by atoms with E-state index in [2.05, 4.69) is 22.2 Å². The normalized spacial score (nSPS) is 12.2. The molecule has 0 aliphatic rings. The summed E-state index contributed by atoms with van der Waals surface area (Å²) in [6.45, 7) is 4.65. The smallest absolute Gasteiger partial charge is 0.218 e. The zero-order valence-corrected chi connectivity index (χ0v) is 10.5. The Bertz CT molecular complexity index is 309. The molecule has 0 radical (unpaired) electrons. The number of anilines is 1. The molecule has 1 rings (SSSR count). The van der Waals surface area contributed by atoms with Crippen LogP contribution in [0.1, 0.15) is 26.7 Å². The van der Waals surface area contributed by atoms with E-state index in [0.29, 0.717) is 24.4 Å². The standard InChI is InChI=1S/C11H18ClN3O/c1-3-9(5-6-12)15-10-7-11(16-4-2)14-8-13-10/h7-9H,3-6H2,1-2H3,(H,13,14,15). The van der Waals surface area contributed by atoms with Crippen molar-refractivity contribution in [2.24, 2.45) is 0 Å². The van der Waals surface area contributed by atoms with Crippen molar-refractivity contribution in [1.29, 1.82) is 0 Å². The third-order valence-corrected chi connectivity index (χ3v) is 2.45. The first-order chi connectivity index (χ1) is 7.80. The molecule has 0 bridgehead atoms. The molecule has 1 aromatic heterocycles. The Labute approximate surface area is 101 Å². The molecule has 0 aliphatic heterocycles. The zero-order chi connectivity index (χ0) is 11.8. The second kappa shape index (κ2) is 7.28. The van der Waals surface area contributed by atoms with E-state index in [-0.39, 0.29) is 0 Å². The van der Waals surface area contributed by atoms with E-state index >= 15 is 0 Å². The highest BCUT2D eigenvalue weighted by Crippen LogP contribution is 2.14. The number of nitrogens with zero attached hydrogens (tertiary/aromatic N) is 2. The molecule has 0 saturated carbocycles. The molecule has 1 aromatic rings. The molecule has 1 unspecified atom stereocenters. The summed E-state index contributed by atoms with van der Waals surface area (Å²) in [4.78, 5) is 8.16. The summed E-state index contributed by atoms with van der Waals surface area (Å²) in [6.07, 6.45) is 3.44. The highest BCUT2D eigenvalue weighted by Gasteiger charge is 2.06. The minimum atomic E-state index is 0.349. The minimum absolute atomic E-state index is 0.349. The first-order valence-electron chi connectivity index (χ1n) is 5.57. The number of hydrogen-bond donors (Lipinski definition) is 1. The van der Waals surface area contributed by atoms with Crippen LogP contribution in [-0.2, 0) is 0 Å². The Morgan fingerprint density at radius 3 is 2.88 bits per heavy atom. The van der Waals surface area contributed by atoms with Crippen molar-refractivity contribution >= 4 is 17.4 Å². The number of alkyl halides is 1. The van der Waals surface area contributed by atoms with Gasteiger partial charge in [0.05, 0.1) is 6.61 Å². The SMILES string of the molecule is CCOc1cc(NC(CC)CCCl)ncn1. The average Bonchev–Trinajstić information content (AvgIpc) is 2.29. The zero-order valence-electron chi connectivity index (χ0n) is 9.74. The van der Waals surface area contributed by atoms with Gasteiger partial charge < -0.3 is 10.1 Å². The van der Waals surface area contributed by atoms with Crippen LogP contribution in [0.3, 0.4) is 0 Å². The minimum Gasteiger partial charge on any atom is -0.478 e. The van der Waals surface area contributed by atoms with Crippen molar-refractivity contribution in [3.63, 3.8) is 0 Å². The highest BCUT2D eigenvalue weighted by atomic mass is 35.5. The predicted molar refractivity (Wildman–Crippen MR) is 66.2 cm³/mol. The van der Waals surface area contributed by atoms with Crippen LogP contribution in [0.15, 0.2) is 12.4 Å².